The lowest BCUT2D eigenvalue weighted by atomic mass is 10.0. The van der Waals surface area contributed by atoms with Crippen LogP contribution in [0.1, 0.15) is 26.3 Å². The molecule has 0 bridgehead atoms. The highest BCUT2D eigenvalue weighted by Gasteiger charge is 2.29. The number of carbonyl (C=O) groups is 2. The second-order valence-electron chi connectivity index (χ2n) is 7.52. The van der Waals surface area contributed by atoms with Gasteiger partial charge in [-0.25, -0.2) is 4.79 Å². The van der Waals surface area contributed by atoms with Gasteiger partial charge in [-0.1, -0.05) is 30.3 Å². The Hall–Kier alpha value is -2.08. The number of ether oxygens (including phenoxy) is 1. The quantitative estimate of drug-likeness (QED) is 0.904. The number of hydrogen-bond donors (Lipinski definition) is 1. The standard InChI is InChI=1S/C19H29N3O3/c1-19(2,3)25-18(24)20-16(14-15-8-6-5-7-9-15)17(23)22-12-10-21(4)11-13-22/h5-9,16H,10-14H2,1-4H3,(H,20,24). The third-order valence-corrected chi connectivity index (χ3v) is 4.09. The van der Waals surface area contributed by atoms with Gasteiger partial charge in [0.15, 0.2) is 0 Å². The van der Waals surface area contributed by atoms with Crippen LogP contribution in [-0.2, 0) is 16.0 Å². The summed E-state index contributed by atoms with van der Waals surface area (Å²) in [7, 11) is 2.04. The molecule has 1 aliphatic heterocycles. The monoisotopic (exact) mass is 347 g/mol. The first-order chi connectivity index (χ1) is 11.7. The molecule has 0 spiro atoms. The summed E-state index contributed by atoms with van der Waals surface area (Å²) in [5.74, 6) is -0.0530. The van der Waals surface area contributed by atoms with Crippen molar-refractivity contribution in [3.8, 4) is 0 Å². The summed E-state index contributed by atoms with van der Waals surface area (Å²) in [5.41, 5.74) is 0.407. The number of likely N-dealkylation sites (N-methyl/N-ethyl adjacent to an activating group) is 1. The minimum atomic E-state index is -0.624. The molecule has 2 amide bonds. The van der Waals surface area contributed by atoms with E-state index in [4.69, 9.17) is 4.74 Å². The summed E-state index contributed by atoms with van der Waals surface area (Å²) in [6.45, 7) is 8.46. The van der Waals surface area contributed by atoms with Gasteiger partial charge in [0.05, 0.1) is 0 Å². The van der Waals surface area contributed by atoms with Gasteiger partial charge in [-0.2, -0.15) is 0 Å². The van der Waals surface area contributed by atoms with Crippen LogP contribution in [0.5, 0.6) is 0 Å². The van der Waals surface area contributed by atoms with Crippen molar-refractivity contribution < 1.29 is 14.3 Å². The molecule has 138 valence electrons. The molecule has 6 heteroatoms. The Bertz CT molecular complexity index is 575. The van der Waals surface area contributed by atoms with Crippen LogP contribution in [0.25, 0.3) is 0 Å². The number of alkyl carbamates (subject to hydrolysis) is 1. The van der Waals surface area contributed by atoms with Crippen LogP contribution in [0.4, 0.5) is 4.79 Å². The van der Waals surface area contributed by atoms with Crippen LogP contribution in [0.2, 0.25) is 0 Å². The SMILES string of the molecule is CN1CCN(C(=O)C(Cc2ccccc2)NC(=O)OC(C)(C)C)CC1. The molecule has 1 aromatic rings. The van der Waals surface area contributed by atoms with Crippen molar-refractivity contribution in [2.45, 2.75) is 38.8 Å². The Labute approximate surface area is 150 Å². The molecular formula is C19H29N3O3. The van der Waals surface area contributed by atoms with Gasteiger partial charge in [0.25, 0.3) is 0 Å². The van der Waals surface area contributed by atoms with Crippen LogP contribution in [-0.4, -0.2) is 66.7 Å². The van der Waals surface area contributed by atoms with Crippen molar-refractivity contribution in [2.75, 3.05) is 33.2 Å². The smallest absolute Gasteiger partial charge is 0.408 e. The number of nitrogens with one attached hydrogen (secondary N) is 1. The number of hydrogen-bond acceptors (Lipinski definition) is 4. The minimum absolute atomic E-state index is 0.0530. The highest BCUT2D eigenvalue weighted by molar-refractivity contribution is 5.86. The van der Waals surface area contributed by atoms with Gasteiger partial charge in [0.1, 0.15) is 11.6 Å². The lowest BCUT2D eigenvalue weighted by Crippen LogP contribution is -2.55. The summed E-state index contributed by atoms with van der Waals surface area (Å²) < 4.78 is 5.33. The second-order valence-corrected chi connectivity index (χ2v) is 7.52. The fourth-order valence-electron chi connectivity index (χ4n) is 2.75. The fourth-order valence-corrected chi connectivity index (χ4v) is 2.75. The summed E-state index contributed by atoms with van der Waals surface area (Å²) >= 11 is 0. The molecule has 6 nitrogen and oxygen atoms in total. The third-order valence-electron chi connectivity index (χ3n) is 4.09. The Kier molecular flexibility index (Phi) is 6.42. The highest BCUT2D eigenvalue weighted by Crippen LogP contribution is 2.11. The van der Waals surface area contributed by atoms with Crippen LogP contribution in [0.15, 0.2) is 30.3 Å². The summed E-state index contributed by atoms with van der Waals surface area (Å²) in [6, 6.07) is 9.09. The van der Waals surface area contributed by atoms with E-state index >= 15 is 0 Å². The number of piperazine rings is 1. The topological polar surface area (TPSA) is 61.9 Å². The normalized spacial score (nSPS) is 17.0. The van der Waals surface area contributed by atoms with Crippen LogP contribution >= 0.6 is 0 Å². The van der Waals surface area contributed by atoms with E-state index in [0.29, 0.717) is 19.5 Å². The van der Waals surface area contributed by atoms with E-state index in [1.54, 1.807) is 20.8 Å². The highest BCUT2D eigenvalue weighted by atomic mass is 16.6. The largest absolute Gasteiger partial charge is 0.444 e. The predicted octanol–water partition coefficient (Wildman–Crippen LogP) is 1.90. The number of amides is 2. The molecule has 0 saturated carbocycles. The molecular weight excluding hydrogens is 318 g/mol. The van der Waals surface area contributed by atoms with E-state index in [2.05, 4.69) is 10.2 Å². The van der Waals surface area contributed by atoms with Gasteiger partial charge in [-0.05, 0) is 33.4 Å². The van der Waals surface area contributed by atoms with Crippen molar-refractivity contribution in [1.82, 2.24) is 15.1 Å². The lowest BCUT2D eigenvalue weighted by Gasteiger charge is -2.35. The van der Waals surface area contributed by atoms with Crippen molar-refractivity contribution in [3.63, 3.8) is 0 Å². The molecule has 1 fully saturated rings. The van der Waals surface area contributed by atoms with Gasteiger partial charge in [0, 0.05) is 32.6 Å². The Balaban J connectivity index is 2.08. The van der Waals surface area contributed by atoms with Gasteiger partial charge in [-0.15, -0.1) is 0 Å². The lowest BCUT2D eigenvalue weighted by molar-refractivity contribution is -0.135. The van der Waals surface area contributed by atoms with E-state index < -0.39 is 17.7 Å². The zero-order chi connectivity index (χ0) is 18.4. The number of rotatable bonds is 4. The second kappa shape index (κ2) is 8.34. The average Bonchev–Trinajstić information content (AvgIpc) is 2.53. The van der Waals surface area contributed by atoms with E-state index in [1.165, 1.54) is 0 Å². The maximum Gasteiger partial charge on any atom is 0.408 e. The number of nitrogens with zero attached hydrogens (tertiary/aromatic N) is 2. The third kappa shape index (κ3) is 6.38. The first-order valence-electron chi connectivity index (χ1n) is 8.75. The van der Waals surface area contributed by atoms with E-state index in [0.717, 1.165) is 18.7 Å². The predicted molar refractivity (Wildman–Crippen MR) is 97.4 cm³/mol. The Morgan fingerprint density at radius 1 is 1.12 bits per heavy atom. The van der Waals surface area contributed by atoms with Crippen molar-refractivity contribution in [2.24, 2.45) is 0 Å². The van der Waals surface area contributed by atoms with Crippen molar-refractivity contribution in [3.05, 3.63) is 35.9 Å². The Morgan fingerprint density at radius 2 is 1.72 bits per heavy atom. The summed E-state index contributed by atoms with van der Waals surface area (Å²) in [6.07, 6.45) is -0.110. The van der Waals surface area contributed by atoms with Crippen LogP contribution < -0.4 is 5.32 Å². The van der Waals surface area contributed by atoms with E-state index in [9.17, 15) is 9.59 Å². The van der Waals surface area contributed by atoms with Gasteiger partial charge in [-0.3, -0.25) is 4.79 Å². The Morgan fingerprint density at radius 3 is 2.28 bits per heavy atom. The first kappa shape index (κ1) is 19.2. The first-order valence-corrected chi connectivity index (χ1v) is 8.75. The average molecular weight is 347 g/mol. The van der Waals surface area contributed by atoms with E-state index in [-0.39, 0.29) is 5.91 Å². The molecule has 1 unspecified atom stereocenters. The molecule has 0 aliphatic carbocycles. The van der Waals surface area contributed by atoms with Crippen LogP contribution in [0, 0.1) is 0 Å². The molecule has 1 heterocycles. The van der Waals surface area contributed by atoms with Crippen molar-refractivity contribution >= 4 is 12.0 Å². The molecule has 1 N–H and O–H groups in total. The fraction of sp³-hybridized carbons (Fsp3) is 0.579. The molecule has 1 aromatic carbocycles. The number of benzene rings is 1. The minimum Gasteiger partial charge on any atom is -0.444 e. The maximum atomic E-state index is 12.9. The van der Waals surface area contributed by atoms with Gasteiger partial charge < -0.3 is 19.9 Å². The summed E-state index contributed by atoms with van der Waals surface area (Å²) in [4.78, 5) is 29.1. The van der Waals surface area contributed by atoms with Gasteiger partial charge in [0.2, 0.25) is 5.91 Å². The summed E-state index contributed by atoms with van der Waals surface area (Å²) in [5, 5.41) is 2.76. The van der Waals surface area contributed by atoms with E-state index in [1.807, 2.05) is 42.3 Å². The zero-order valence-electron chi connectivity index (χ0n) is 15.6. The van der Waals surface area contributed by atoms with Crippen LogP contribution in [0.3, 0.4) is 0 Å². The maximum absolute atomic E-state index is 12.9. The molecule has 1 atom stereocenters. The molecule has 25 heavy (non-hydrogen) atoms. The molecule has 1 aliphatic rings. The molecule has 0 radical (unpaired) electrons. The molecule has 1 saturated heterocycles. The van der Waals surface area contributed by atoms with Gasteiger partial charge >= 0.3 is 6.09 Å². The zero-order valence-corrected chi connectivity index (χ0v) is 15.6. The molecule has 2 rings (SSSR count). The number of carbonyl (C=O) groups excluding carboxylic acids is 2. The van der Waals surface area contributed by atoms with Crippen molar-refractivity contribution in [1.29, 1.82) is 0 Å². The molecule has 0 aromatic heterocycles.